The maximum absolute atomic E-state index is 13.4. The third kappa shape index (κ3) is 4.50. The van der Waals surface area contributed by atoms with Crippen molar-refractivity contribution in [2.45, 2.75) is 26.3 Å². The van der Waals surface area contributed by atoms with Gasteiger partial charge in [0.25, 0.3) is 0 Å². The number of benzene rings is 1. The molecule has 0 spiro atoms. The van der Waals surface area contributed by atoms with Gasteiger partial charge in [-0.2, -0.15) is 0 Å². The molecule has 0 atom stereocenters. The molecule has 0 saturated heterocycles. The van der Waals surface area contributed by atoms with Gasteiger partial charge in [0.05, 0.1) is 0 Å². The fourth-order valence-electron chi connectivity index (χ4n) is 1.64. The smallest absolute Gasteiger partial charge is 0.323 e. The molecule has 0 bridgehead atoms. The van der Waals surface area contributed by atoms with Crippen molar-refractivity contribution >= 4 is 18.0 Å². The van der Waals surface area contributed by atoms with Gasteiger partial charge in [-0.3, -0.25) is 9.59 Å². The summed E-state index contributed by atoms with van der Waals surface area (Å²) in [6, 6.07) is 6.05. The van der Waals surface area contributed by atoms with Crippen LogP contribution >= 0.6 is 0 Å². The van der Waals surface area contributed by atoms with Crippen LogP contribution in [0.2, 0.25) is 0 Å². The first kappa shape index (κ1) is 15.9. The number of carbonyl (C=O) groups is 2. The quantitative estimate of drug-likeness (QED) is 0.862. The maximum atomic E-state index is 13.4. The Balaban J connectivity index is 2.92. The van der Waals surface area contributed by atoms with E-state index in [1.165, 1.54) is 29.2 Å². The highest BCUT2D eigenvalue weighted by Gasteiger charge is 2.26. The van der Waals surface area contributed by atoms with E-state index >= 15 is 0 Å². The van der Waals surface area contributed by atoms with Crippen LogP contribution in [0.25, 0.3) is 6.08 Å². The van der Waals surface area contributed by atoms with Gasteiger partial charge in [0.15, 0.2) is 0 Å². The molecular formula is C15H18FNO3. The van der Waals surface area contributed by atoms with Crippen molar-refractivity contribution in [2.24, 2.45) is 0 Å². The molecule has 0 aromatic heterocycles. The molecule has 1 amide bonds. The molecule has 5 heteroatoms. The molecule has 1 aromatic rings. The Morgan fingerprint density at radius 2 is 1.90 bits per heavy atom. The van der Waals surface area contributed by atoms with Crippen molar-refractivity contribution < 1.29 is 19.1 Å². The lowest BCUT2D eigenvalue weighted by molar-refractivity contribution is -0.145. The first-order valence-electron chi connectivity index (χ1n) is 6.18. The van der Waals surface area contributed by atoms with E-state index < -0.39 is 29.8 Å². The number of rotatable bonds is 4. The number of hydrogen-bond donors (Lipinski definition) is 1. The molecule has 4 nitrogen and oxygen atoms in total. The minimum atomic E-state index is -1.09. The summed E-state index contributed by atoms with van der Waals surface area (Å²) >= 11 is 0. The number of halogens is 1. The second-order valence-corrected chi connectivity index (χ2v) is 5.34. The second kappa shape index (κ2) is 6.32. The van der Waals surface area contributed by atoms with Crippen molar-refractivity contribution in [3.8, 4) is 0 Å². The van der Waals surface area contributed by atoms with Crippen molar-refractivity contribution in [1.82, 2.24) is 4.90 Å². The fourth-order valence-corrected chi connectivity index (χ4v) is 1.64. The molecule has 0 aliphatic carbocycles. The van der Waals surface area contributed by atoms with E-state index in [1.54, 1.807) is 32.9 Å². The van der Waals surface area contributed by atoms with Crippen LogP contribution in [0.3, 0.4) is 0 Å². The molecule has 108 valence electrons. The van der Waals surface area contributed by atoms with Crippen LogP contribution in [-0.2, 0) is 9.59 Å². The first-order valence-corrected chi connectivity index (χ1v) is 6.18. The predicted molar refractivity (Wildman–Crippen MR) is 74.5 cm³/mol. The number of carboxylic acid groups (broad SMARTS) is 1. The zero-order chi connectivity index (χ0) is 15.3. The zero-order valence-corrected chi connectivity index (χ0v) is 11.8. The minimum Gasteiger partial charge on any atom is -0.480 e. The first-order chi connectivity index (χ1) is 9.21. The molecule has 0 radical (unpaired) electrons. The molecule has 0 heterocycles. The summed E-state index contributed by atoms with van der Waals surface area (Å²) in [5.74, 6) is -1.99. The van der Waals surface area contributed by atoms with Crippen LogP contribution in [0.15, 0.2) is 30.3 Å². The second-order valence-electron chi connectivity index (χ2n) is 5.34. The Bertz CT molecular complexity index is 532. The molecular weight excluding hydrogens is 261 g/mol. The third-order valence-electron chi connectivity index (χ3n) is 2.68. The number of carboxylic acids is 1. The predicted octanol–water partition coefficient (Wildman–Crippen LogP) is 2.55. The topological polar surface area (TPSA) is 57.6 Å². The molecule has 0 saturated carbocycles. The van der Waals surface area contributed by atoms with Gasteiger partial charge in [-0.25, -0.2) is 4.39 Å². The average Bonchev–Trinajstić information content (AvgIpc) is 2.33. The number of carbonyl (C=O) groups excluding carboxylic acids is 1. The van der Waals surface area contributed by atoms with Gasteiger partial charge in [-0.1, -0.05) is 18.2 Å². The van der Waals surface area contributed by atoms with Crippen LogP contribution in [0.4, 0.5) is 4.39 Å². The molecule has 1 aromatic carbocycles. The molecule has 0 aliphatic rings. The van der Waals surface area contributed by atoms with E-state index in [0.717, 1.165) is 0 Å². The summed E-state index contributed by atoms with van der Waals surface area (Å²) in [6.45, 7) is 4.82. The largest absolute Gasteiger partial charge is 0.480 e. The summed E-state index contributed by atoms with van der Waals surface area (Å²) < 4.78 is 13.4. The summed E-state index contributed by atoms with van der Waals surface area (Å²) in [7, 11) is 0. The van der Waals surface area contributed by atoms with E-state index in [0.29, 0.717) is 0 Å². The van der Waals surface area contributed by atoms with E-state index in [-0.39, 0.29) is 5.56 Å². The van der Waals surface area contributed by atoms with Gasteiger partial charge in [-0.05, 0) is 32.9 Å². The molecule has 20 heavy (non-hydrogen) atoms. The lowest BCUT2D eigenvalue weighted by atomic mass is 10.1. The normalized spacial score (nSPS) is 11.6. The Labute approximate surface area is 117 Å². The van der Waals surface area contributed by atoms with E-state index in [9.17, 15) is 14.0 Å². The Morgan fingerprint density at radius 3 is 2.40 bits per heavy atom. The van der Waals surface area contributed by atoms with Crippen LogP contribution in [0, 0.1) is 5.82 Å². The molecule has 0 fully saturated rings. The van der Waals surface area contributed by atoms with Crippen LogP contribution in [0.1, 0.15) is 26.3 Å². The van der Waals surface area contributed by atoms with Crippen molar-refractivity contribution in [2.75, 3.05) is 6.54 Å². The number of amides is 1. The Morgan fingerprint density at radius 1 is 1.30 bits per heavy atom. The fraction of sp³-hybridized carbons (Fsp3) is 0.333. The number of aliphatic carboxylic acids is 1. The maximum Gasteiger partial charge on any atom is 0.323 e. The van der Waals surface area contributed by atoms with Crippen molar-refractivity contribution in [3.63, 3.8) is 0 Å². The molecule has 0 unspecified atom stereocenters. The van der Waals surface area contributed by atoms with Crippen LogP contribution in [0.5, 0.6) is 0 Å². The number of nitrogens with zero attached hydrogens (tertiary/aromatic N) is 1. The zero-order valence-electron chi connectivity index (χ0n) is 11.8. The Hall–Kier alpha value is -2.17. The molecule has 1 rings (SSSR count). The van der Waals surface area contributed by atoms with Gasteiger partial charge in [0.2, 0.25) is 5.91 Å². The van der Waals surface area contributed by atoms with Gasteiger partial charge in [-0.15, -0.1) is 0 Å². The summed E-state index contributed by atoms with van der Waals surface area (Å²) in [6.07, 6.45) is 2.53. The minimum absolute atomic E-state index is 0.282. The van der Waals surface area contributed by atoms with Gasteiger partial charge >= 0.3 is 5.97 Å². The highest BCUT2D eigenvalue weighted by molar-refractivity contribution is 5.94. The summed E-state index contributed by atoms with van der Waals surface area (Å²) in [4.78, 5) is 24.1. The molecule has 1 N–H and O–H groups in total. The van der Waals surface area contributed by atoms with E-state index in [1.807, 2.05) is 0 Å². The van der Waals surface area contributed by atoms with Crippen LogP contribution < -0.4 is 0 Å². The third-order valence-corrected chi connectivity index (χ3v) is 2.68. The van der Waals surface area contributed by atoms with E-state index in [4.69, 9.17) is 5.11 Å². The van der Waals surface area contributed by atoms with E-state index in [2.05, 4.69) is 0 Å². The van der Waals surface area contributed by atoms with Gasteiger partial charge in [0.1, 0.15) is 12.4 Å². The number of hydrogen-bond acceptors (Lipinski definition) is 2. The van der Waals surface area contributed by atoms with Gasteiger partial charge in [0, 0.05) is 17.2 Å². The molecule has 0 aliphatic heterocycles. The monoisotopic (exact) mass is 279 g/mol. The van der Waals surface area contributed by atoms with Gasteiger partial charge < -0.3 is 10.0 Å². The lowest BCUT2D eigenvalue weighted by Gasteiger charge is -2.33. The standard InChI is InChI=1S/C15H18FNO3/c1-15(2,3)17(10-14(19)20)13(18)9-8-11-6-4-5-7-12(11)16/h4-9H,10H2,1-3H3,(H,19,20). The summed E-state index contributed by atoms with van der Waals surface area (Å²) in [5.41, 5.74) is -0.347. The average molecular weight is 279 g/mol. The highest BCUT2D eigenvalue weighted by atomic mass is 19.1. The van der Waals surface area contributed by atoms with Crippen LogP contribution in [-0.4, -0.2) is 34.0 Å². The summed E-state index contributed by atoms with van der Waals surface area (Å²) in [5, 5.41) is 8.85. The Kier molecular flexibility index (Phi) is 5.02. The highest BCUT2D eigenvalue weighted by Crippen LogP contribution is 2.15. The van der Waals surface area contributed by atoms with Crippen molar-refractivity contribution in [3.05, 3.63) is 41.7 Å². The SMILES string of the molecule is CC(C)(C)N(CC(=O)O)C(=O)C=Cc1ccccc1F. The van der Waals surface area contributed by atoms with Crippen molar-refractivity contribution in [1.29, 1.82) is 0 Å². The lowest BCUT2D eigenvalue weighted by Crippen LogP contribution is -2.47.